The van der Waals surface area contributed by atoms with Gasteiger partial charge in [-0.3, -0.25) is 4.98 Å². The van der Waals surface area contributed by atoms with Gasteiger partial charge in [0.25, 0.3) is 0 Å². The standard InChI is InChI=1S/C10H13N/c1-2-8-7-10(8)9-3-5-11-6-4-9/h3-6,8,10H,2,7H2,1H3/t8-,10-/m1/s1. The number of hydrogen-bond acceptors (Lipinski definition) is 1. The summed E-state index contributed by atoms with van der Waals surface area (Å²) in [6, 6.07) is 4.28. The summed E-state index contributed by atoms with van der Waals surface area (Å²) in [6.07, 6.45) is 6.49. The van der Waals surface area contributed by atoms with Crippen LogP contribution >= 0.6 is 0 Å². The lowest BCUT2D eigenvalue weighted by Crippen LogP contribution is -1.81. The van der Waals surface area contributed by atoms with Gasteiger partial charge in [0.15, 0.2) is 0 Å². The molecule has 0 spiro atoms. The molecule has 0 radical (unpaired) electrons. The van der Waals surface area contributed by atoms with Crippen LogP contribution in [0.25, 0.3) is 0 Å². The summed E-state index contributed by atoms with van der Waals surface area (Å²) in [6.45, 7) is 2.27. The molecule has 0 aliphatic heterocycles. The summed E-state index contributed by atoms with van der Waals surface area (Å²) in [5.41, 5.74) is 1.48. The molecule has 2 rings (SSSR count). The molecule has 2 atom stereocenters. The maximum absolute atomic E-state index is 4.01. The highest BCUT2D eigenvalue weighted by atomic mass is 14.6. The number of nitrogens with zero attached hydrogens (tertiary/aromatic N) is 1. The van der Waals surface area contributed by atoms with Gasteiger partial charge in [0.2, 0.25) is 0 Å². The van der Waals surface area contributed by atoms with E-state index in [0.29, 0.717) is 0 Å². The van der Waals surface area contributed by atoms with E-state index >= 15 is 0 Å². The fourth-order valence-corrected chi connectivity index (χ4v) is 1.72. The summed E-state index contributed by atoms with van der Waals surface area (Å²) >= 11 is 0. The van der Waals surface area contributed by atoms with Crippen molar-refractivity contribution < 1.29 is 0 Å². The zero-order valence-electron chi connectivity index (χ0n) is 6.83. The first kappa shape index (κ1) is 6.84. The van der Waals surface area contributed by atoms with Crippen molar-refractivity contribution >= 4 is 0 Å². The van der Waals surface area contributed by atoms with Crippen molar-refractivity contribution in [1.82, 2.24) is 4.98 Å². The third kappa shape index (κ3) is 1.28. The first-order valence-electron chi connectivity index (χ1n) is 4.31. The van der Waals surface area contributed by atoms with E-state index in [1.165, 1.54) is 18.4 Å². The molecule has 11 heavy (non-hydrogen) atoms. The quantitative estimate of drug-likeness (QED) is 0.626. The molecule has 1 heteroatoms. The molecule has 0 saturated heterocycles. The molecular weight excluding hydrogens is 134 g/mol. The summed E-state index contributed by atoms with van der Waals surface area (Å²) < 4.78 is 0. The van der Waals surface area contributed by atoms with Gasteiger partial charge in [-0.05, 0) is 36.0 Å². The number of aromatic nitrogens is 1. The molecule has 58 valence electrons. The van der Waals surface area contributed by atoms with Gasteiger partial charge in [-0.25, -0.2) is 0 Å². The van der Waals surface area contributed by atoms with E-state index < -0.39 is 0 Å². The van der Waals surface area contributed by atoms with Crippen molar-refractivity contribution in [2.45, 2.75) is 25.7 Å². The van der Waals surface area contributed by atoms with Crippen LogP contribution in [0, 0.1) is 5.92 Å². The van der Waals surface area contributed by atoms with Gasteiger partial charge >= 0.3 is 0 Å². The molecule has 1 fully saturated rings. The molecule has 1 aliphatic carbocycles. The molecule has 1 aliphatic rings. The van der Waals surface area contributed by atoms with E-state index in [1.807, 2.05) is 12.4 Å². The lowest BCUT2D eigenvalue weighted by molar-refractivity contribution is 0.765. The van der Waals surface area contributed by atoms with Crippen molar-refractivity contribution in [1.29, 1.82) is 0 Å². The van der Waals surface area contributed by atoms with Gasteiger partial charge in [-0.1, -0.05) is 13.3 Å². The van der Waals surface area contributed by atoms with E-state index in [2.05, 4.69) is 24.0 Å². The molecule has 0 amide bonds. The van der Waals surface area contributed by atoms with Gasteiger partial charge < -0.3 is 0 Å². The maximum atomic E-state index is 4.01. The number of hydrogen-bond donors (Lipinski definition) is 0. The first-order chi connectivity index (χ1) is 5.42. The lowest BCUT2D eigenvalue weighted by atomic mass is 10.1. The second kappa shape index (κ2) is 2.65. The Hall–Kier alpha value is -0.850. The van der Waals surface area contributed by atoms with E-state index in [9.17, 15) is 0 Å². The van der Waals surface area contributed by atoms with E-state index in [0.717, 1.165) is 11.8 Å². The molecular formula is C10H13N. The minimum atomic E-state index is 0.850. The van der Waals surface area contributed by atoms with Crippen LogP contribution in [0.15, 0.2) is 24.5 Å². The summed E-state index contributed by atoms with van der Waals surface area (Å²) in [5.74, 6) is 1.81. The van der Waals surface area contributed by atoms with Crippen LogP contribution < -0.4 is 0 Å². The summed E-state index contributed by atoms with van der Waals surface area (Å²) in [5, 5.41) is 0. The molecule has 1 nitrogen and oxygen atoms in total. The first-order valence-corrected chi connectivity index (χ1v) is 4.31. The largest absolute Gasteiger partial charge is 0.265 e. The van der Waals surface area contributed by atoms with Gasteiger partial charge in [0.1, 0.15) is 0 Å². The van der Waals surface area contributed by atoms with Gasteiger partial charge in [0.05, 0.1) is 0 Å². The highest BCUT2D eigenvalue weighted by Crippen LogP contribution is 2.48. The normalized spacial score (nSPS) is 28.5. The minimum Gasteiger partial charge on any atom is -0.265 e. The highest BCUT2D eigenvalue weighted by molar-refractivity contribution is 5.22. The molecule has 0 bridgehead atoms. The Morgan fingerprint density at radius 2 is 2.18 bits per heavy atom. The maximum Gasteiger partial charge on any atom is 0.0270 e. The van der Waals surface area contributed by atoms with Crippen LogP contribution in [0.3, 0.4) is 0 Å². The van der Waals surface area contributed by atoms with E-state index in [1.54, 1.807) is 0 Å². The Morgan fingerprint density at radius 1 is 1.45 bits per heavy atom. The molecule has 0 unspecified atom stereocenters. The molecule has 1 heterocycles. The van der Waals surface area contributed by atoms with E-state index in [4.69, 9.17) is 0 Å². The smallest absolute Gasteiger partial charge is 0.0270 e. The third-order valence-electron chi connectivity index (χ3n) is 2.58. The lowest BCUT2D eigenvalue weighted by Gasteiger charge is -1.95. The van der Waals surface area contributed by atoms with Crippen LogP contribution in [0.2, 0.25) is 0 Å². The number of pyridine rings is 1. The van der Waals surface area contributed by atoms with Crippen molar-refractivity contribution in [3.8, 4) is 0 Å². The van der Waals surface area contributed by atoms with Crippen LogP contribution in [0.1, 0.15) is 31.2 Å². The van der Waals surface area contributed by atoms with Crippen LogP contribution in [0.5, 0.6) is 0 Å². The average Bonchev–Trinajstić information content (AvgIpc) is 2.85. The Bertz CT molecular complexity index is 230. The van der Waals surface area contributed by atoms with Crippen molar-refractivity contribution in [2.75, 3.05) is 0 Å². The topological polar surface area (TPSA) is 12.9 Å². The highest BCUT2D eigenvalue weighted by Gasteiger charge is 2.36. The zero-order chi connectivity index (χ0) is 7.68. The fraction of sp³-hybridized carbons (Fsp3) is 0.500. The number of rotatable bonds is 2. The van der Waals surface area contributed by atoms with E-state index in [-0.39, 0.29) is 0 Å². The second-order valence-electron chi connectivity index (χ2n) is 3.29. The Labute approximate surface area is 67.5 Å². The Kier molecular flexibility index (Phi) is 1.65. The zero-order valence-corrected chi connectivity index (χ0v) is 6.83. The van der Waals surface area contributed by atoms with Crippen molar-refractivity contribution in [2.24, 2.45) is 5.92 Å². The van der Waals surface area contributed by atoms with Gasteiger partial charge in [-0.15, -0.1) is 0 Å². The Morgan fingerprint density at radius 3 is 2.73 bits per heavy atom. The molecule has 1 aromatic heterocycles. The van der Waals surface area contributed by atoms with Gasteiger partial charge in [0, 0.05) is 12.4 Å². The predicted octanol–water partition coefficient (Wildman–Crippen LogP) is 2.60. The van der Waals surface area contributed by atoms with Crippen molar-refractivity contribution in [3.63, 3.8) is 0 Å². The third-order valence-corrected chi connectivity index (χ3v) is 2.58. The van der Waals surface area contributed by atoms with Crippen LogP contribution in [0.4, 0.5) is 0 Å². The second-order valence-corrected chi connectivity index (χ2v) is 3.29. The fourth-order valence-electron chi connectivity index (χ4n) is 1.72. The van der Waals surface area contributed by atoms with Gasteiger partial charge in [-0.2, -0.15) is 0 Å². The molecule has 1 aromatic rings. The van der Waals surface area contributed by atoms with Crippen LogP contribution in [-0.4, -0.2) is 4.98 Å². The predicted molar refractivity (Wildman–Crippen MR) is 45.4 cm³/mol. The Balaban J connectivity index is 2.09. The minimum absolute atomic E-state index is 0.850. The monoisotopic (exact) mass is 147 g/mol. The van der Waals surface area contributed by atoms with Crippen LogP contribution in [-0.2, 0) is 0 Å². The van der Waals surface area contributed by atoms with Crippen molar-refractivity contribution in [3.05, 3.63) is 30.1 Å². The SMILES string of the molecule is CC[C@@H]1C[C@H]1c1ccncc1. The summed E-state index contributed by atoms with van der Waals surface area (Å²) in [4.78, 5) is 4.01. The molecule has 0 aromatic carbocycles. The average molecular weight is 147 g/mol. The molecule has 1 saturated carbocycles. The molecule has 0 N–H and O–H groups in total. The summed E-state index contributed by atoms with van der Waals surface area (Å²) in [7, 11) is 0.